The van der Waals surface area contributed by atoms with Crippen LogP contribution in [-0.2, 0) is 9.53 Å². The fourth-order valence-electron chi connectivity index (χ4n) is 7.54. The van der Waals surface area contributed by atoms with E-state index in [-0.39, 0.29) is 17.5 Å². The van der Waals surface area contributed by atoms with Gasteiger partial charge in [0.05, 0.1) is 5.60 Å². The molecule has 0 radical (unpaired) electrons. The lowest BCUT2D eigenvalue weighted by molar-refractivity contribution is -0.343. The second kappa shape index (κ2) is 4.22. The van der Waals surface area contributed by atoms with Crippen LogP contribution in [0.5, 0.6) is 0 Å². The zero-order valence-corrected chi connectivity index (χ0v) is 14.3. The Morgan fingerprint density at radius 2 is 1.57 bits per heavy atom. The van der Waals surface area contributed by atoms with Crippen molar-refractivity contribution in [2.75, 3.05) is 0 Å². The lowest BCUT2D eigenvalue weighted by Crippen LogP contribution is -2.78. The van der Waals surface area contributed by atoms with Gasteiger partial charge in [-0.05, 0) is 68.1 Å². The number of ether oxygens (including phenoxy) is 1. The molecule has 0 aromatic rings. The van der Waals surface area contributed by atoms with Crippen LogP contribution in [0.3, 0.4) is 0 Å². The highest BCUT2D eigenvalue weighted by atomic mass is 16.6. The van der Waals surface area contributed by atoms with Gasteiger partial charge in [0.1, 0.15) is 5.60 Å². The first-order chi connectivity index (χ1) is 10.8. The molecular weight excluding hydrogens is 288 g/mol. The third-order valence-electron chi connectivity index (χ3n) is 8.33. The lowest BCUT2D eigenvalue weighted by Gasteiger charge is -2.75. The van der Waals surface area contributed by atoms with Gasteiger partial charge in [-0.25, -0.2) is 4.79 Å². The second-order valence-corrected chi connectivity index (χ2v) is 9.52. The summed E-state index contributed by atoms with van der Waals surface area (Å²) in [7, 11) is 0. The molecule has 7 aliphatic carbocycles. The molecule has 0 aliphatic heterocycles. The van der Waals surface area contributed by atoms with Gasteiger partial charge in [0, 0.05) is 17.4 Å². The highest BCUT2D eigenvalue weighted by molar-refractivity contribution is 5.88. The normalized spacial score (nSPS) is 54.8. The molecule has 126 valence electrons. The predicted molar refractivity (Wildman–Crippen MR) is 86.4 cm³/mol. The van der Waals surface area contributed by atoms with Crippen molar-refractivity contribution in [3.63, 3.8) is 0 Å². The van der Waals surface area contributed by atoms with Crippen molar-refractivity contribution in [2.24, 2.45) is 41.4 Å². The molecule has 4 unspecified atom stereocenters. The van der Waals surface area contributed by atoms with Crippen LogP contribution in [0.2, 0.25) is 0 Å². The maximum Gasteiger partial charge on any atom is 0.334 e. The van der Waals surface area contributed by atoms with E-state index in [9.17, 15) is 9.90 Å². The largest absolute Gasteiger partial charge is 0.455 e. The summed E-state index contributed by atoms with van der Waals surface area (Å²) < 4.78 is 6.31. The van der Waals surface area contributed by atoms with Gasteiger partial charge in [0.2, 0.25) is 0 Å². The molecule has 0 amide bonds. The molecule has 7 aliphatic rings. The first-order valence-corrected chi connectivity index (χ1v) is 9.49. The quantitative estimate of drug-likeness (QED) is 0.642. The Morgan fingerprint density at radius 1 is 1.04 bits per heavy atom. The van der Waals surface area contributed by atoms with Crippen LogP contribution in [0.15, 0.2) is 12.2 Å². The van der Waals surface area contributed by atoms with E-state index in [2.05, 4.69) is 6.58 Å². The molecule has 8 bridgehead atoms. The number of esters is 1. The van der Waals surface area contributed by atoms with Crippen molar-refractivity contribution in [2.45, 2.75) is 63.6 Å². The molecule has 0 aromatic carbocycles. The molecule has 7 saturated carbocycles. The fraction of sp³-hybridized carbons (Fsp3) is 0.850. The summed E-state index contributed by atoms with van der Waals surface area (Å²) in [5.41, 5.74) is -0.130. The second-order valence-electron chi connectivity index (χ2n) is 9.52. The maximum absolute atomic E-state index is 12.7. The number of aliphatic hydroxyl groups is 1. The smallest absolute Gasteiger partial charge is 0.334 e. The highest BCUT2D eigenvalue weighted by Gasteiger charge is 2.76. The van der Waals surface area contributed by atoms with E-state index in [1.165, 1.54) is 0 Å². The van der Waals surface area contributed by atoms with Gasteiger partial charge in [-0.1, -0.05) is 20.4 Å². The molecule has 7 rings (SSSR count). The lowest BCUT2D eigenvalue weighted by atomic mass is 9.32. The number of hydrogen-bond acceptors (Lipinski definition) is 3. The maximum atomic E-state index is 12.7. The summed E-state index contributed by atoms with van der Waals surface area (Å²) in [5, 5.41) is 11.4. The van der Waals surface area contributed by atoms with E-state index < -0.39 is 5.60 Å². The van der Waals surface area contributed by atoms with Gasteiger partial charge in [-0.15, -0.1) is 0 Å². The van der Waals surface area contributed by atoms with Gasteiger partial charge in [0.15, 0.2) is 0 Å². The van der Waals surface area contributed by atoms with Crippen molar-refractivity contribution in [3.05, 3.63) is 12.2 Å². The average Bonchev–Trinajstić information content (AvgIpc) is 2.50. The Kier molecular flexibility index (Phi) is 2.66. The Labute approximate surface area is 138 Å². The Bertz CT molecular complexity index is 568. The Balaban J connectivity index is 1.54. The molecule has 23 heavy (non-hydrogen) atoms. The van der Waals surface area contributed by atoms with Crippen LogP contribution in [0.1, 0.15) is 52.4 Å². The van der Waals surface area contributed by atoms with Gasteiger partial charge in [0.25, 0.3) is 0 Å². The average molecular weight is 316 g/mol. The molecule has 1 N–H and O–H groups in total. The van der Waals surface area contributed by atoms with Crippen molar-refractivity contribution in [1.29, 1.82) is 0 Å². The van der Waals surface area contributed by atoms with E-state index >= 15 is 0 Å². The third kappa shape index (κ3) is 1.58. The molecule has 0 aromatic heterocycles. The summed E-state index contributed by atoms with van der Waals surface area (Å²) in [4.78, 5) is 12.7. The Hall–Kier alpha value is -0.830. The topological polar surface area (TPSA) is 46.5 Å². The minimum absolute atomic E-state index is 0.133. The Morgan fingerprint density at radius 3 is 2.13 bits per heavy atom. The van der Waals surface area contributed by atoms with E-state index in [0.29, 0.717) is 41.1 Å². The minimum Gasteiger partial charge on any atom is -0.455 e. The third-order valence-corrected chi connectivity index (χ3v) is 8.33. The van der Waals surface area contributed by atoms with E-state index in [1.54, 1.807) is 0 Å². The zero-order valence-electron chi connectivity index (χ0n) is 14.3. The molecule has 3 nitrogen and oxygen atoms in total. The molecule has 0 heterocycles. The summed E-state index contributed by atoms with van der Waals surface area (Å²) >= 11 is 0. The number of carbonyl (C=O) groups is 1. The molecule has 0 saturated heterocycles. The van der Waals surface area contributed by atoms with Crippen molar-refractivity contribution in [3.8, 4) is 0 Å². The number of hydrogen-bond donors (Lipinski definition) is 1. The summed E-state index contributed by atoms with van der Waals surface area (Å²) in [6.07, 6.45) is 6.66. The highest BCUT2D eigenvalue weighted by Crippen LogP contribution is 2.74. The number of rotatable bonds is 3. The number of carbonyl (C=O) groups excluding carboxylic acids is 1. The zero-order chi connectivity index (χ0) is 16.1. The van der Waals surface area contributed by atoms with Gasteiger partial charge in [-0.2, -0.15) is 0 Å². The predicted octanol–water partition coefficient (Wildman–Crippen LogP) is 3.32. The summed E-state index contributed by atoms with van der Waals surface area (Å²) in [6.45, 7) is 7.96. The van der Waals surface area contributed by atoms with Gasteiger partial charge >= 0.3 is 5.97 Å². The van der Waals surface area contributed by atoms with Crippen LogP contribution in [-0.4, -0.2) is 22.3 Å². The standard InChI is InChI=1S/C20H28O3/c1-10(2)11(3)18(21)23-20-9-13-4-14-16(20)6-12-7-17(20)15(5-13)19(14,22)8-12/h10,12-17,22H,3-9H2,1-2H3. The SMILES string of the molecule is C=C(C(=O)OC12CC3CC4C1CC1CC2C(C3)C4(O)C1)C(C)C. The minimum atomic E-state index is -0.446. The molecule has 3 heteroatoms. The van der Waals surface area contributed by atoms with Crippen LogP contribution < -0.4 is 0 Å². The van der Waals surface area contributed by atoms with E-state index in [0.717, 1.165) is 38.5 Å². The van der Waals surface area contributed by atoms with Crippen molar-refractivity contribution < 1.29 is 14.6 Å². The monoisotopic (exact) mass is 316 g/mol. The van der Waals surface area contributed by atoms with Crippen LogP contribution in [0, 0.1) is 41.4 Å². The molecule has 7 fully saturated rings. The van der Waals surface area contributed by atoms with Gasteiger partial charge < -0.3 is 9.84 Å². The molecule has 0 spiro atoms. The van der Waals surface area contributed by atoms with E-state index in [1.807, 2.05) is 13.8 Å². The first-order valence-electron chi connectivity index (χ1n) is 9.49. The van der Waals surface area contributed by atoms with E-state index in [4.69, 9.17) is 4.74 Å². The van der Waals surface area contributed by atoms with Crippen molar-refractivity contribution >= 4 is 5.97 Å². The molecule has 4 atom stereocenters. The summed E-state index contributed by atoms with van der Waals surface area (Å²) in [6, 6.07) is 0. The van der Waals surface area contributed by atoms with Crippen molar-refractivity contribution in [1.82, 2.24) is 0 Å². The van der Waals surface area contributed by atoms with Gasteiger partial charge in [-0.3, -0.25) is 0 Å². The van der Waals surface area contributed by atoms with Crippen LogP contribution in [0.4, 0.5) is 0 Å². The fourth-order valence-corrected chi connectivity index (χ4v) is 7.54. The molecular formula is C20H28O3. The van der Waals surface area contributed by atoms with Crippen LogP contribution >= 0.6 is 0 Å². The van der Waals surface area contributed by atoms with Crippen LogP contribution in [0.25, 0.3) is 0 Å². The first kappa shape index (κ1) is 14.5. The summed E-state index contributed by atoms with van der Waals surface area (Å²) in [5.74, 6) is 2.77.